The summed E-state index contributed by atoms with van der Waals surface area (Å²) >= 11 is 1.53. The van der Waals surface area contributed by atoms with Crippen molar-refractivity contribution >= 4 is 23.2 Å². The average molecular weight is 410 g/mol. The zero-order chi connectivity index (χ0) is 20.1. The third kappa shape index (κ3) is 5.08. The molecule has 1 aromatic carbocycles. The smallest absolute Gasteiger partial charge is 0.228 e. The summed E-state index contributed by atoms with van der Waals surface area (Å²) in [5.41, 5.74) is 2.00. The largest absolute Gasteiger partial charge is 0.486 e. The molecular formula is C21H23N5O2S. The first kappa shape index (κ1) is 19.3. The van der Waals surface area contributed by atoms with Gasteiger partial charge in [-0.15, -0.1) is 11.3 Å². The van der Waals surface area contributed by atoms with Gasteiger partial charge in [0.15, 0.2) is 0 Å². The van der Waals surface area contributed by atoms with Gasteiger partial charge in [0.2, 0.25) is 11.9 Å². The van der Waals surface area contributed by atoms with E-state index in [4.69, 9.17) is 4.74 Å². The minimum Gasteiger partial charge on any atom is -0.486 e. The molecule has 0 saturated carbocycles. The van der Waals surface area contributed by atoms with E-state index in [2.05, 4.69) is 19.9 Å². The van der Waals surface area contributed by atoms with Gasteiger partial charge in [-0.3, -0.25) is 4.79 Å². The van der Waals surface area contributed by atoms with Crippen LogP contribution in [0.4, 0.5) is 5.95 Å². The van der Waals surface area contributed by atoms with Gasteiger partial charge in [0.25, 0.3) is 0 Å². The third-order valence-electron chi connectivity index (χ3n) is 4.78. The SMILES string of the molecule is Cc1ccc(OCc2nc(CC(=O)N3CCN(c4ncccn4)CC3)cs2)cc1. The summed E-state index contributed by atoms with van der Waals surface area (Å²) < 4.78 is 5.77. The number of aryl methyl sites for hydroxylation is 1. The zero-order valence-electron chi connectivity index (χ0n) is 16.3. The van der Waals surface area contributed by atoms with E-state index in [-0.39, 0.29) is 5.91 Å². The summed E-state index contributed by atoms with van der Waals surface area (Å²) in [5.74, 6) is 1.65. The first-order chi connectivity index (χ1) is 14.2. The number of anilines is 1. The van der Waals surface area contributed by atoms with E-state index in [1.165, 1.54) is 16.9 Å². The van der Waals surface area contributed by atoms with Crippen LogP contribution in [0.2, 0.25) is 0 Å². The molecule has 0 spiro atoms. The van der Waals surface area contributed by atoms with E-state index < -0.39 is 0 Å². The lowest BCUT2D eigenvalue weighted by Gasteiger charge is -2.34. The molecule has 1 saturated heterocycles. The molecule has 4 rings (SSSR count). The lowest BCUT2D eigenvalue weighted by atomic mass is 10.2. The quantitative estimate of drug-likeness (QED) is 0.623. The summed E-state index contributed by atoms with van der Waals surface area (Å²) in [6, 6.07) is 9.74. The number of carbonyl (C=O) groups is 1. The highest BCUT2D eigenvalue weighted by Gasteiger charge is 2.23. The maximum absolute atomic E-state index is 12.6. The molecule has 3 heterocycles. The molecule has 0 unspecified atom stereocenters. The van der Waals surface area contributed by atoms with Crippen LogP contribution in [0.1, 0.15) is 16.3 Å². The maximum Gasteiger partial charge on any atom is 0.228 e. The van der Waals surface area contributed by atoms with Crippen molar-refractivity contribution in [1.29, 1.82) is 0 Å². The molecular weight excluding hydrogens is 386 g/mol. The Morgan fingerprint density at radius 1 is 1.10 bits per heavy atom. The molecule has 0 atom stereocenters. The lowest BCUT2D eigenvalue weighted by Crippen LogP contribution is -2.49. The predicted octanol–water partition coefficient (Wildman–Crippen LogP) is 2.71. The number of hydrogen-bond acceptors (Lipinski definition) is 7. The molecule has 150 valence electrons. The van der Waals surface area contributed by atoms with Crippen LogP contribution in [0.25, 0.3) is 0 Å². The highest BCUT2D eigenvalue weighted by atomic mass is 32.1. The molecule has 1 aliphatic rings. The first-order valence-electron chi connectivity index (χ1n) is 9.60. The lowest BCUT2D eigenvalue weighted by molar-refractivity contribution is -0.130. The van der Waals surface area contributed by atoms with Crippen LogP contribution < -0.4 is 9.64 Å². The summed E-state index contributed by atoms with van der Waals surface area (Å²) in [4.78, 5) is 29.7. The van der Waals surface area contributed by atoms with Crippen LogP contribution >= 0.6 is 11.3 Å². The fourth-order valence-corrected chi connectivity index (χ4v) is 3.86. The van der Waals surface area contributed by atoms with Crippen LogP contribution in [0.15, 0.2) is 48.1 Å². The molecule has 8 heteroatoms. The van der Waals surface area contributed by atoms with E-state index in [1.54, 1.807) is 18.5 Å². The van der Waals surface area contributed by atoms with Crippen molar-refractivity contribution in [3.8, 4) is 5.75 Å². The number of benzene rings is 1. The molecule has 3 aromatic rings. The summed E-state index contributed by atoms with van der Waals surface area (Å²) in [6.07, 6.45) is 3.80. The molecule has 0 bridgehead atoms. The highest BCUT2D eigenvalue weighted by Crippen LogP contribution is 2.17. The zero-order valence-corrected chi connectivity index (χ0v) is 17.1. The van der Waals surface area contributed by atoms with E-state index in [0.717, 1.165) is 35.5 Å². The van der Waals surface area contributed by atoms with E-state index in [0.29, 0.717) is 26.1 Å². The number of piperazine rings is 1. The van der Waals surface area contributed by atoms with Gasteiger partial charge in [-0.25, -0.2) is 15.0 Å². The normalized spacial score (nSPS) is 14.1. The van der Waals surface area contributed by atoms with Crippen molar-refractivity contribution in [2.45, 2.75) is 20.0 Å². The minimum atomic E-state index is 0.106. The van der Waals surface area contributed by atoms with E-state index in [9.17, 15) is 4.79 Å². The number of ether oxygens (including phenoxy) is 1. The van der Waals surface area contributed by atoms with E-state index >= 15 is 0 Å². The van der Waals surface area contributed by atoms with Gasteiger partial charge >= 0.3 is 0 Å². The molecule has 0 radical (unpaired) electrons. The molecule has 1 aliphatic heterocycles. The van der Waals surface area contributed by atoms with Crippen molar-refractivity contribution in [1.82, 2.24) is 19.9 Å². The topological polar surface area (TPSA) is 71.5 Å². The Morgan fingerprint density at radius 2 is 1.83 bits per heavy atom. The number of rotatable bonds is 6. The number of nitrogens with zero attached hydrogens (tertiary/aromatic N) is 5. The molecule has 2 aromatic heterocycles. The Balaban J connectivity index is 1.25. The highest BCUT2D eigenvalue weighted by molar-refractivity contribution is 7.09. The number of aromatic nitrogens is 3. The average Bonchev–Trinajstić information content (AvgIpc) is 3.21. The van der Waals surface area contributed by atoms with Crippen LogP contribution in [0.3, 0.4) is 0 Å². The summed E-state index contributed by atoms with van der Waals surface area (Å²) in [7, 11) is 0. The van der Waals surface area contributed by atoms with E-state index in [1.807, 2.05) is 41.5 Å². The van der Waals surface area contributed by atoms with Gasteiger partial charge in [0.1, 0.15) is 17.4 Å². The molecule has 7 nitrogen and oxygen atoms in total. The monoisotopic (exact) mass is 409 g/mol. The molecule has 1 fully saturated rings. The second-order valence-corrected chi connectivity index (χ2v) is 7.87. The van der Waals surface area contributed by atoms with Crippen molar-refractivity contribution in [3.63, 3.8) is 0 Å². The van der Waals surface area contributed by atoms with Crippen LogP contribution in [-0.2, 0) is 17.8 Å². The van der Waals surface area contributed by atoms with Gasteiger partial charge < -0.3 is 14.5 Å². The maximum atomic E-state index is 12.6. The molecule has 29 heavy (non-hydrogen) atoms. The summed E-state index contributed by atoms with van der Waals surface area (Å²) in [5, 5.41) is 2.82. The van der Waals surface area contributed by atoms with Gasteiger partial charge in [-0.1, -0.05) is 17.7 Å². The van der Waals surface area contributed by atoms with Gasteiger partial charge in [-0.2, -0.15) is 0 Å². The van der Waals surface area contributed by atoms with Crippen LogP contribution in [-0.4, -0.2) is 51.9 Å². The number of hydrogen-bond donors (Lipinski definition) is 0. The van der Waals surface area contributed by atoms with Crippen LogP contribution in [0, 0.1) is 6.92 Å². The summed E-state index contributed by atoms with van der Waals surface area (Å²) in [6.45, 7) is 5.28. The first-order valence-corrected chi connectivity index (χ1v) is 10.5. The number of amides is 1. The third-order valence-corrected chi connectivity index (χ3v) is 5.65. The number of carbonyl (C=O) groups excluding carboxylic acids is 1. The van der Waals surface area contributed by atoms with Crippen molar-refractivity contribution in [2.24, 2.45) is 0 Å². The van der Waals surface area contributed by atoms with Gasteiger partial charge in [-0.05, 0) is 25.1 Å². The van der Waals surface area contributed by atoms with Crippen molar-refractivity contribution in [2.75, 3.05) is 31.1 Å². The Kier molecular flexibility index (Phi) is 6.00. The van der Waals surface area contributed by atoms with Gasteiger partial charge in [0.05, 0.1) is 12.1 Å². The fraction of sp³-hybridized carbons (Fsp3) is 0.333. The second-order valence-electron chi connectivity index (χ2n) is 6.93. The Hall–Kier alpha value is -3.00. The molecule has 0 aliphatic carbocycles. The second kappa shape index (κ2) is 9.00. The van der Waals surface area contributed by atoms with Crippen LogP contribution in [0.5, 0.6) is 5.75 Å². The van der Waals surface area contributed by atoms with Gasteiger partial charge in [0, 0.05) is 44.0 Å². The minimum absolute atomic E-state index is 0.106. The number of thiazole rings is 1. The standard InChI is InChI=1S/C21H23N5O2S/c1-16-3-5-18(6-4-16)28-14-19-24-17(15-29-19)13-20(27)25-9-11-26(12-10-25)21-22-7-2-8-23-21/h2-8,15H,9-14H2,1H3. The fourth-order valence-electron chi connectivity index (χ4n) is 3.15. The molecule has 0 N–H and O–H groups in total. The van der Waals surface area contributed by atoms with Crippen molar-refractivity contribution < 1.29 is 9.53 Å². The Bertz CT molecular complexity index is 937. The van der Waals surface area contributed by atoms with Crippen molar-refractivity contribution in [3.05, 3.63) is 64.4 Å². The Labute approximate surface area is 174 Å². The Morgan fingerprint density at radius 3 is 2.55 bits per heavy atom. The predicted molar refractivity (Wildman–Crippen MR) is 112 cm³/mol. The molecule has 1 amide bonds.